The van der Waals surface area contributed by atoms with E-state index in [1.165, 1.54) is 146 Å². The normalized spacial score (nSPS) is 13.8. The number of allylic oxidation sites excluding steroid dienone is 1. The number of hydrogen-bond acceptors (Lipinski definition) is 2. The summed E-state index contributed by atoms with van der Waals surface area (Å²) < 4.78 is 0. The average molecular weight is 975 g/mol. The number of thioether (sulfide) groups is 1. The molecule has 74 heavy (non-hydrogen) atoms. The Morgan fingerprint density at radius 3 is 1.36 bits per heavy atom. The van der Waals surface area contributed by atoms with Crippen molar-refractivity contribution in [1.29, 1.82) is 0 Å². The van der Waals surface area contributed by atoms with Gasteiger partial charge in [-0.2, -0.15) is 0 Å². The number of hydrogen-bond donors (Lipinski definition) is 0. The smallest absolute Gasteiger partial charge is 0.0409 e. The highest BCUT2D eigenvalue weighted by Gasteiger charge is 2.25. The van der Waals surface area contributed by atoms with Crippen LogP contribution in [0.1, 0.15) is 22.1 Å². The molecule has 0 radical (unpaired) electrons. The molecule has 0 fully saturated rings. The molecule has 2 heterocycles. The molecular weight excluding hydrogens is 929 g/mol. The second-order valence-electron chi connectivity index (χ2n) is 19.7. The van der Waals surface area contributed by atoms with Gasteiger partial charge in [0, 0.05) is 19.9 Å². The highest BCUT2D eigenvalue weighted by atomic mass is 32.2. The molecule has 0 nitrogen and oxygen atoms in total. The van der Waals surface area contributed by atoms with Crippen molar-refractivity contribution in [2.75, 3.05) is 0 Å². The van der Waals surface area contributed by atoms with Gasteiger partial charge >= 0.3 is 0 Å². The first-order chi connectivity index (χ1) is 36.7. The summed E-state index contributed by atoms with van der Waals surface area (Å²) in [7, 11) is 0. The molecule has 0 saturated carbocycles. The first-order valence-electron chi connectivity index (χ1n) is 25.6. The molecule has 0 spiro atoms. The Balaban J connectivity index is 0.796. The number of thiophene rings is 1. The standard InChI is InChI=1S/C72H46S2/c1-3-18-48-41-53(33-31-45(48)15-1)70-57-24-7-8-25-58(57)71(54-34-32-46-16-2-4-19-49(46)42-54)64-44-51(35-36-63(64)70)66-38-40-68(74-66)67-39-37-65(73-67)50-21-13-22-52(43-50)69-59-26-9-11-28-61(59)72(62-29-12-10-27-60(62)69)56-30-14-20-47-17-5-6-23-55(47)56/h1-37,39-44,66H,38H2. The van der Waals surface area contributed by atoms with E-state index in [0.717, 1.165) is 6.42 Å². The van der Waals surface area contributed by atoms with Crippen LogP contribution in [-0.4, -0.2) is 0 Å². The fraction of sp³-hybridized carbons (Fsp3) is 0.0278. The second-order valence-corrected chi connectivity index (χ2v) is 22.1. The Hall–Kier alpha value is -8.53. The Kier molecular flexibility index (Phi) is 10.2. The lowest BCUT2D eigenvalue weighted by molar-refractivity contribution is 0.994. The van der Waals surface area contributed by atoms with E-state index in [0.29, 0.717) is 5.25 Å². The predicted molar refractivity (Wildman–Crippen MR) is 323 cm³/mol. The van der Waals surface area contributed by atoms with Crippen molar-refractivity contribution >= 4 is 103 Å². The molecule has 0 amide bonds. The SMILES string of the molecule is C1=C(c2ccc(-c3cccc(-c4c5ccccc5c(-c5cccc6ccccc56)c5ccccc45)c3)s2)SC(c2ccc3c(-c4ccc5ccccc5c4)c4ccccc4c(-c4ccc5ccccc5c4)c3c2)C1. The quantitative estimate of drug-likeness (QED) is 0.143. The summed E-state index contributed by atoms with van der Waals surface area (Å²) in [6.07, 6.45) is 3.46. The first-order valence-corrected chi connectivity index (χ1v) is 27.3. The largest absolute Gasteiger partial charge is 0.135 e. The minimum atomic E-state index is 0.307. The van der Waals surface area contributed by atoms with E-state index < -0.39 is 0 Å². The van der Waals surface area contributed by atoms with Gasteiger partial charge in [-0.1, -0.05) is 224 Å². The lowest BCUT2D eigenvalue weighted by Gasteiger charge is -2.20. The summed E-state index contributed by atoms with van der Waals surface area (Å²) in [6.45, 7) is 0. The van der Waals surface area contributed by atoms with Crippen molar-refractivity contribution in [3.8, 4) is 54.9 Å². The number of fused-ring (bicyclic) bond motifs is 7. The minimum absolute atomic E-state index is 0.307. The maximum Gasteiger partial charge on any atom is 0.0409 e. The summed E-state index contributed by atoms with van der Waals surface area (Å²) in [5.74, 6) is 0. The van der Waals surface area contributed by atoms with Crippen LogP contribution < -0.4 is 0 Å². The van der Waals surface area contributed by atoms with Crippen molar-refractivity contribution in [3.05, 3.63) is 271 Å². The Labute approximate surface area is 438 Å². The summed E-state index contributed by atoms with van der Waals surface area (Å²) in [5.41, 5.74) is 12.8. The van der Waals surface area contributed by atoms with Crippen molar-refractivity contribution in [2.24, 2.45) is 0 Å². The molecule has 2 heteroatoms. The molecule has 346 valence electrons. The van der Waals surface area contributed by atoms with Crippen LogP contribution in [0.15, 0.2) is 261 Å². The lowest BCUT2D eigenvalue weighted by Crippen LogP contribution is -1.94. The third kappa shape index (κ3) is 7.12. The third-order valence-electron chi connectivity index (χ3n) is 15.6. The molecule has 13 aromatic carbocycles. The third-order valence-corrected chi connectivity index (χ3v) is 18.2. The maximum absolute atomic E-state index is 2.53. The Morgan fingerprint density at radius 2 is 0.743 bits per heavy atom. The van der Waals surface area contributed by atoms with Gasteiger partial charge in [0.05, 0.1) is 0 Å². The van der Waals surface area contributed by atoms with Crippen molar-refractivity contribution in [1.82, 2.24) is 0 Å². The van der Waals surface area contributed by atoms with Gasteiger partial charge in [-0.25, -0.2) is 0 Å². The van der Waals surface area contributed by atoms with Gasteiger partial charge in [-0.3, -0.25) is 0 Å². The van der Waals surface area contributed by atoms with Gasteiger partial charge in [0.25, 0.3) is 0 Å². The molecular formula is C72H46S2. The highest BCUT2D eigenvalue weighted by Crippen LogP contribution is 2.53. The van der Waals surface area contributed by atoms with E-state index in [2.05, 4.69) is 261 Å². The lowest BCUT2D eigenvalue weighted by atomic mass is 9.84. The maximum atomic E-state index is 2.53. The average Bonchev–Trinajstić information content (AvgIpc) is 4.17. The first kappa shape index (κ1) is 43.1. The zero-order valence-corrected chi connectivity index (χ0v) is 42.1. The molecule has 1 atom stereocenters. The molecule has 0 aliphatic carbocycles. The van der Waals surface area contributed by atoms with Crippen LogP contribution in [0.3, 0.4) is 0 Å². The van der Waals surface area contributed by atoms with E-state index in [4.69, 9.17) is 0 Å². The molecule has 0 N–H and O–H groups in total. The van der Waals surface area contributed by atoms with Gasteiger partial charge < -0.3 is 0 Å². The highest BCUT2D eigenvalue weighted by molar-refractivity contribution is 8.09. The number of benzene rings is 13. The van der Waals surface area contributed by atoms with Crippen LogP contribution in [-0.2, 0) is 0 Å². The minimum Gasteiger partial charge on any atom is -0.135 e. The van der Waals surface area contributed by atoms with E-state index in [1.54, 1.807) is 0 Å². The predicted octanol–water partition coefficient (Wildman–Crippen LogP) is 21.4. The van der Waals surface area contributed by atoms with E-state index >= 15 is 0 Å². The van der Waals surface area contributed by atoms with Crippen LogP contribution in [0.4, 0.5) is 0 Å². The number of rotatable bonds is 7. The fourth-order valence-electron chi connectivity index (χ4n) is 12.2. The van der Waals surface area contributed by atoms with Crippen molar-refractivity contribution < 1.29 is 0 Å². The van der Waals surface area contributed by atoms with Crippen LogP contribution in [0.2, 0.25) is 0 Å². The molecule has 0 bridgehead atoms. The summed E-state index contributed by atoms with van der Waals surface area (Å²) in [6, 6.07) is 95.2. The summed E-state index contributed by atoms with van der Waals surface area (Å²) in [4.78, 5) is 3.98. The summed E-state index contributed by atoms with van der Waals surface area (Å²) >= 11 is 3.93. The zero-order valence-electron chi connectivity index (χ0n) is 40.4. The van der Waals surface area contributed by atoms with E-state index in [1.807, 2.05) is 23.1 Å². The van der Waals surface area contributed by atoms with Gasteiger partial charge in [-0.15, -0.1) is 23.1 Å². The topological polar surface area (TPSA) is 0 Å². The molecule has 14 aromatic rings. The molecule has 1 aliphatic heterocycles. The van der Waals surface area contributed by atoms with Gasteiger partial charge in [-0.05, 0) is 174 Å². The van der Waals surface area contributed by atoms with E-state index in [-0.39, 0.29) is 0 Å². The molecule has 0 saturated heterocycles. The van der Waals surface area contributed by atoms with Crippen LogP contribution >= 0.6 is 23.1 Å². The Bertz CT molecular complexity index is 4560. The van der Waals surface area contributed by atoms with Gasteiger partial charge in [0.15, 0.2) is 0 Å². The monoisotopic (exact) mass is 974 g/mol. The second kappa shape index (κ2) is 17.6. The van der Waals surface area contributed by atoms with Crippen LogP contribution in [0.25, 0.3) is 135 Å². The molecule has 1 aromatic heterocycles. The van der Waals surface area contributed by atoms with Gasteiger partial charge in [0.1, 0.15) is 0 Å². The summed E-state index contributed by atoms with van der Waals surface area (Å²) in [5, 5.41) is 18.1. The van der Waals surface area contributed by atoms with Crippen LogP contribution in [0, 0.1) is 0 Å². The van der Waals surface area contributed by atoms with Crippen LogP contribution in [0.5, 0.6) is 0 Å². The molecule has 1 aliphatic rings. The van der Waals surface area contributed by atoms with Gasteiger partial charge in [0.2, 0.25) is 0 Å². The van der Waals surface area contributed by atoms with Crippen molar-refractivity contribution in [3.63, 3.8) is 0 Å². The molecule has 15 rings (SSSR count). The van der Waals surface area contributed by atoms with E-state index in [9.17, 15) is 0 Å². The van der Waals surface area contributed by atoms with Crippen molar-refractivity contribution in [2.45, 2.75) is 11.7 Å². The fourth-order valence-corrected chi connectivity index (χ4v) is 14.5. The Morgan fingerprint density at radius 1 is 0.284 bits per heavy atom. The molecule has 1 unspecified atom stereocenters. The zero-order chi connectivity index (χ0) is 48.7.